The number of nitrogens with zero attached hydrogens (tertiary/aromatic N) is 5. The van der Waals surface area contributed by atoms with Crippen LogP contribution in [-0.2, 0) is 11.3 Å². The summed E-state index contributed by atoms with van der Waals surface area (Å²) in [5, 5.41) is 8.28. The van der Waals surface area contributed by atoms with Crippen molar-refractivity contribution in [2.45, 2.75) is 32.6 Å². The second-order valence-corrected chi connectivity index (χ2v) is 7.79. The number of carbonyl (C=O) groups excluding carboxylic acids is 1. The number of amides is 1. The molecule has 4 rings (SSSR count). The van der Waals surface area contributed by atoms with Crippen LogP contribution in [0.4, 0.5) is 5.82 Å². The second kappa shape index (κ2) is 9.39. The lowest BCUT2D eigenvalue weighted by Gasteiger charge is -2.36. The van der Waals surface area contributed by atoms with Crippen LogP contribution >= 0.6 is 0 Å². The van der Waals surface area contributed by atoms with Crippen molar-refractivity contribution in [2.75, 3.05) is 38.8 Å². The molecule has 0 aliphatic carbocycles. The van der Waals surface area contributed by atoms with E-state index >= 15 is 0 Å². The van der Waals surface area contributed by atoms with Crippen molar-refractivity contribution in [2.24, 2.45) is 0 Å². The highest BCUT2D eigenvalue weighted by atomic mass is 16.5. The molecule has 3 heterocycles. The lowest BCUT2D eigenvalue weighted by Crippen LogP contribution is -2.45. The quantitative estimate of drug-likeness (QED) is 0.594. The molecular weight excluding hydrogens is 412 g/mol. The SMILES string of the molecule is COc1ccc(C(=O)NCCn2ncc3c(N4CC(C)OC(C)C4)ncnc32)cc1OC. The number of carbonyl (C=O) groups is 1. The van der Waals surface area contributed by atoms with Gasteiger partial charge in [0.05, 0.1) is 44.6 Å². The fraction of sp³-hybridized carbons (Fsp3) is 0.455. The van der Waals surface area contributed by atoms with E-state index in [-0.39, 0.29) is 18.1 Å². The minimum Gasteiger partial charge on any atom is -0.493 e. The molecule has 32 heavy (non-hydrogen) atoms. The summed E-state index contributed by atoms with van der Waals surface area (Å²) in [4.78, 5) is 23.7. The fourth-order valence-electron chi connectivity index (χ4n) is 4.00. The van der Waals surface area contributed by atoms with E-state index in [0.29, 0.717) is 30.2 Å². The average molecular weight is 441 g/mol. The summed E-state index contributed by atoms with van der Waals surface area (Å²) >= 11 is 0. The van der Waals surface area contributed by atoms with Crippen LogP contribution in [0.3, 0.4) is 0 Å². The van der Waals surface area contributed by atoms with E-state index in [2.05, 4.69) is 39.1 Å². The summed E-state index contributed by atoms with van der Waals surface area (Å²) in [6.07, 6.45) is 3.60. The number of hydrogen-bond donors (Lipinski definition) is 1. The summed E-state index contributed by atoms with van der Waals surface area (Å²) in [5.41, 5.74) is 1.23. The van der Waals surface area contributed by atoms with E-state index in [1.807, 2.05) is 0 Å². The second-order valence-electron chi connectivity index (χ2n) is 7.79. The Labute approximate surface area is 186 Å². The average Bonchev–Trinajstić information content (AvgIpc) is 3.21. The van der Waals surface area contributed by atoms with Gasteiger partial charge in [-0.05, 0) is 32.0 Å². The molecule has 2 atom stereocenters. The zero-order valence-corrected chi connectivity index (χ0v) is 18.7. The summed E-state index contributed by atoms with van der Waals surface area (Å²) in [6, 6.07) is 5.06. The number of benzene rings is 1. The third-order valence-electron chi connectivity index (χ3n) is 5.39. The van der Waals surface area contributed by atoms with Gasteiger partial charge in [0.2, 0.25) is 0 Å². The van der Waals surface area contributed by atoms with E-state index < -0.39 is 0 Å². The predicted molar refractivity (Wildman–Crippen MR) is 119 cm³/mol. The predicted octanol–water partition coefficient (Wildman–Crippen LogP) is 1.89. The van der Waals surface area contributed by atoms with E-state index in [1.54, 1.807) is 42.5 Å². The Hall–Kier alpha value is -3.40. The van der Waals surface area contributed by atoms with Gasteiger partial charge in [-0.25, -0.2) is 14.6 Å². The van der Waals surface area contributed by atoms with E-state index in [4.69, 9.17) is 14.2 Å². The normalized spacial score (nSPS) is 18.6. The zero-order valence-electron chi connectivity index (χ0n) is 18.7. The highest BCUT2D eigenvalue weighted by molar-refractivity contribution is 5.94. The molecule has 1 saturated heterocycles. The summed E-state index contributed by atoms with van der Waals surface area (Å²) in [5.74, 6) is 1.74. The first-order chi connectivity index (χ1) is 15.5. The number of aromatic nitrogens is 4. The van der Waals surface area contributed by atoms with Crippen molar-refractivity contribution in [3.8, 4) is 11.5 Å². The van der Waals surface area contributed by atoms with Crippen LogP contribution in [0.25, 0.3) is 11.0 Å². The molecule has 1 N–H and O–H groups in total. The van der Waals surface area contributed by atoms with Crippen molar-refractivity contribution in [3.63, 3.8) is 0 Å². The Morgan fingerprint density at radius 1 is 1.16 bits per heavy atom. The Bertz CT molecular complexity index is 1090. The molecule has 0 bridgehead atoms. The molecule has 10 heteroatoms. The van der Waals surface area contributed by atoms with Crippen LogP contribution in [0.5, 0.6) is 11.5 Å². The number of nitrogens with one attached hydrogen (secondary N) is 1. The molecule has 1 amide bonds. The standard InChI is InChI=1S/C22H28N6O4/c1-14-11-27(12-15(2)32-14)20-17-10-26-28(21(17)25-13-24-20)8-7-23-22(29)16-5-6-18(30-3)19(9-16)31-4/h5-6,9-10,13-15H,7-8,11-12H2,1-4H3,(H,23,29). The molecular formula is C22H28N6O4. The number of ether oxygens (including phenoxy) is 3. The Morgan fingerprint density at radius 2 is 1.91 bits per heavy atom. The Morgan fingerprint density at radius 3 is 2.62 bits per heavy atom. The lowest BCUT2D eigenvalue weighted by molar-refractivity contribution is -0.00537. The number of rotatable bonds is 7. The van der Waals surface area contributed by atoms with Crippen molar-refractivity contribution in [1.82, 2.24) is 25.1 Å². The zero-order chi connectivity index (χ0) is 22.7. The molecule has 1 fully saturated rings. The van der Waals surface area contributed by atoms with Gasteiger partial charge in [0.1, 0.15) is 12.1 Å². The van der Waals surface area contributed by atoms with Gasteiger partial charge in [-0.15, -0.1) is 0 Å². The molecule has 0 radical (unpaired) electrons. The van der Waals surface area contributed by atoms with Crippen molar-refractivity contribution in [3.05, 3.63) is 36.3 Å². The van der Waals surface area contributed by atoms with Crippen LogP contribution in [0.2, 0.25) is 0 Å². The van der Waals surface area contributed by atoms with Crippen LogP contribution in [0.15, 0.2) is 30.7 Å². The van der Waals surface area contributed by atoms with Gasteiger partial charge in [-0.1, -0.05) is 0 Å². The van der Waals surface area contributed by atoms with Crippen molar-refractivity contribution in [1.29, 1.82) is 0 Å². The molecule has 1 aliphatic heterocycles. The van der Waals surface area contributed by atoms with Crippen molar-refractivity contribution < 1.29 is 19.0 Å². The summed E-state index contributed by atoms with van der Waals surface area (Å²) < 4.78 is 18.1. The molecule has 2 unspecified atom stereocenters. The number of morpholine rings is 1. The van der Waals surface area contributed by atoms with E-state index in [1.165, 1.54) is 7.11 Å². The summed E-state index contributed by atoms with van der Waals surface area (Å²) in [7, 11) is 3.10. The van der Waals surface area contributed by atoms with Crippen LogP contribution in [0.1, 0.15) is 24.2 Å². The molecule has 2 aromatic heterocycles. The summed E-state index contributed by atoms with van der Waals surface area (Å²) in [6.45, 7) is 6.53. The lowest BCUT2D eigenvalue weighted by atomic mass is 10.2. The molecule has 3 aromatic rings. The van der Waals surface area contributed by atoms with Gasteiger partial charge in [0.15, 0.2) is 17.1 Å². The first-order valence-electron chi connectivity index (χ1n) is 10.6. The van der Waals surface area contributed by atoms with Gasteiger partial charge in [-0.3, -0.25) is 4.79 Å². The van der Waals surface area contributed by atoms with Gasteiger partial charge >= 0.3 is 0 Å². The minimum absolute atomic E-state index is 0.130. The largest absolute Gasteiger partial charge is 0.493 e. The molecule has 10 nitrogen and oxygen atoms in total. The number of fused-ring (bicyclic) bond motifs is 1. The smallest absolute Gasteiger partial charge is 0.251 e. The Balaban J connectivity index is 1.44. The van der Waals surface area contributed by atoms with Gasteiger partial charge in [-0.2, -0.15) is 5.10 Å². The number of hydrogen-bond acceptors (Lipinski definition) is 8. The third-order valence-corrected chi connectivity index (χ3v) is 5.39. The maximum absolute atomic E-state index is 12.5. The molecule has 0 spiro atoms. The van der Waals surface area contributed by atoms with Gasteiger partial charge in [0.25, 0.3) is 5.91 Å². The maximum atomic E-state index is 12.5. The monoisotopic (exact) mass is 440 g/mol. The van der Waals surface area contributed by atoms with E-state index in [0.717, 1.165) is 29.9 Å². The first-order valence-corrected chi connectivity index (χ1v) is 10.6. The Kier molecular flexibility index (Phi) is 6.40. The minimum atomic E-state index is -0.200. The third kappa shape index (κ3) is 4.45. The molecule has 0 saturated carbocycles. The molecule has 170 valence electrons. The highest BCUT2D eigenvalue weighted by Crippen LogP contribution is 2.28. The van der Waals surface area contributed by atoms with Crippen LogP contribution in [0, 0.1) is 0 Å². The van der Waals surface area contributed by atoms with Crippen LogP contribution in [-0.4, -0.2) is 71.7 Å². The first kappa shape index (κ1) is 21.8. The highest BCUT2D eigenvalue weighted by Gasteiger charge is 2.25. The van der Waals surface area contributed by atoms with Gasteiger partial charge < -0.3 is 24.4 Å². The van der Waals surface area contributed by atoms with Crippen molar-refractivity contribution >= 4 is 22.8 Å². The van der Waals surface area contributed by atoms with E-state index in [9.17, 15) is 4.79 Å². The number of methoxy groups -OCH3 is 2. The molecule has 1 aromatic carbocycles. The number of anilines is 1. The van der Waals surface area contributed by atoms with Gasteiger partial charge in [0, 0.05) is 25.2 Å². The maximum Gasteiger partial charge on any atom is 0.251 e. The molecule has 1 aliphatic rings. The van der Waals surface area contributed by atoms with Crippen LogP contribution < -0.4 is 19.7 Å². The topological polar surface area (TPSA) is 104 Å². The fourth-order valence-corrected chi connectivity index (χ4v) is 4.00.